The third-order valence-electron chi connectivity index (χ3n) is 5.36. The fourth-order valence-corrected chi connectivity index (χ4v) is 4.13. The van der Waals surface area contributed by atoms with Crippen molar-refractivity contribution in [3.63, 3.8) is 0 Å². The van der Waals surface area contributed by atoms with Crippen molar-refractivity contribution in [2.24, 2.45) is 5.92 Å². The van der Waals surface area contributed by atoms with Crippen LogP contribution < -0.4 is 5.32 Å². The van der Waals surface area contributed by atoms with Crippen molar-refractivity contribution in [1.29, 1.82) is 0 Å². The van der Waals surface area contributed by atoms with Gasteiger partial charge in [-0.3, -0.25) is 10.1 Å². The largest absolute Gasteiger partial charge is 0.462 e. The fraction of sp³-hybridized carbons (Fsp3) is 0.286. The van der Waals surface area contributed by atoms with E-state index < -0.39 is 4.92 Å². The number of rotatable bonds is 4. The van der Waals surface area contributed by atoms with Crippen LogP contribution in [0.25, 0.3) is 0 Å². The van der Waals surface area contributed by atoms with Crippen molar-refractivity contribution in [2.45, 2.75) is 25.3 Å². The molecule has 0 spiro atoms. The van der Waals surface area contributed by atoms with Gasteiger partial charge >= 0.3 is 5.97 Å². The van der Waals surface area contributed by atoms with Crippen LogP contribution in [0, 0.1) is 16.0 Å². The van der Waals surface area contributed by atoms with E-state index in [0.29, 0.717) is 18.1 Å². The lowest BCUT2D eigenvalue weighted by Crippen LogP contribution is -2.30. The van der Waals surface area contributed by atoms with E-state index >= 15 is 0 Å². The molecular weight excluding hydrogens is 344 g/mol. The molecule has 0 fully saturated rings. The molecule has 0 aromatic heterocycles. The molecule has 1 aliphatic heterocycles. The minimum atomic E-state index is -0.397. The van der Waals surface area contributed by atoms with Gasteiger partial charge in [0.2, 0.25) is 0 Å². The fourth-order valence-electron chi connectivity index (χ4n) is 4.13. The number of hydrogen-bond donors (Lipinski definition) is 1. The number of carbonyl (C=O) groups excluding carboxylic acids is 1. The first-order valence-electron chi connectivity index (χ1n) is 9.07. The molecule has 6 nitrogen and oxygen atoms in total. The van der Waals surface area contributed by atoms with Crippen molar-refractivity contribution in [1.82, 2.24) is 0 Å². The molecule has 1 heterocycles. The second-order valence-corrected chi connectivity index (χ2v) is 6.81. The number of nitrogens with one attached hydrogen (secondary N) is 1. The topological polar surface area (TPSA) is 81.5 Å². The van der Waals surface area contributed by atoms with E-state index in [1.807, 2.05) is 12.1 Å². The van der Waals surface area contributed by atoms with Crippen molar-refractivity contribution in [2.75, 3.05) is 11.9 Å². The molecule has 0 unspecified atom stereocenters. The Morgan fingerprint density at radius 3 is 2.74 bits per heavy atom. The normalized spacial score (nSPS) is 22.5. The number of nitro groups is 1. The summed E-state index contributed by atoms with van der Waals surface area (Å²) in [5, 5.41) is 14.5. The van der Waals surface area contributed by atoms with E-state index in [1.165, 1.54) is 12.1 Å². The minimum absolute atomic E-state index is 0.0334. The highest BCUT2D eigenvalue weighted by Gasteiger charge is 2.39. The Morgan fingerprint density at radius 1 is 1.26 bits per heavy atom. The molecular formula is C21H20N2O4. The summed E-state index contributed by atoms with van der Waals surface area (Å²) in [6.07, 6.45) is 5.28. The van der Waals surface area contributed by atoms with E-state index in [9.17, 15) is 14.9 Å². The highest BCUT2D eigenvalue weighted by atomic mass is 16.6. The SMILES string of the molecule is CCOC(=O)c1cccc2c1N[C@H](c1ccc([N+](=O)[O-])cc1)[C@@H]1CC=C[C@H]21. The van der Waals surface area contributed by atoms with Crippen LogP contribution in [0.15, 0.2) is 54.6 Å². The summed E-state index contributed by atoms with van der Waals surface area (Å²) < 4.78 is 5.22. The van der Waals surface area contributed by atoms with Crippen molar-refractivity contribution in [3.05, 3.63) is 81.4 Å². The Kier molecular flexibility index (Phi) is 4.39. The van der Waals surface area contributed by atoms with Gasteiger partial charge in [-0.2, -0.15) is 0 Å². The predicted molar refractivity (Wildman–Crippen MR) is 102 cm³/mol. The number of nitrogens with zero attached hydrogens (tertiary/aromatic N) is 1. The Labute approximate surface area is 157 Å². The number of ether oxygens (including phenoxy) is 1. The average Bonchev–Trinajstić information content (AvgIpc) is 3.17. The third-order valence-corrected chi connectivity index (χ3v) is 5.36. The Bertz CT molecular complexity index is 920. The van der Waals surface area contributed by atoms with Crippen LogP contribution in [-0.4, -0.2) is 17.5 Å². The van der Waals surface area contributed by atoms with Gasteiger partial charge in [-0.15, -0.1) is 0 Å². The van der Waals surface area contributed by atoms with Crippen LogP contribution in [-0.2, 0) is 4.74 Å². The van der Waals surface area contributed by atoms with Crippen molar-refractivity contribution in [3.8, 4) is 0 Å². The molecule has 2 aromatic rings. The zero-order valence-corrected chi connectivity index (χ0v) is 14.9. The summed E-state index contributed by atoms with van der Waals surface area (Å²) in [4.78, 5) is 23.0. The van der Waals surface area contributed by atoms with Gasteiger partial charge in [0.05, 0.1) is 28.8 Å². The molecule has 1 N–H and O–H groups in total. The standard InChI is InChI=1S/C21H20N2O4/c1-2-27-21(24)18-8-4-7-17-15-5-3-6-16(15)19(22-20(17)18)13-9-11-14(12-10-13)23(25)26/h3-5,7-12,15-16,19,22H,2,6H2,1H3/t15-,16+,19+/m0/s1. The monoisotopic (exact) mass is 364 g/mol. The molecule has 0 saturated carbocycles. The molecule has 3 atom stereocenters. The number of esters is 1. The highest BCUT2D eigenvalue weighted by molar-refractivity contribution is 5.97. The Morgan fingerprint density at radius 2 is 2.04 bits per heavy atom. The van der Waals surface area contributed by atoms with Crippen LogP contribution >= 0.6 is 0 Å². The average molecular weight is 364 g/mol. The zero-order chi connectivity index (χ0) is 19.0. The molecule has 4 rings (SSSR count). The smallest absolute Gasteiger partial charge is 0.340 e. The molecule has 2 aromatic carbocycles. The predicted octanol–water partition coefficient (Wildman–Crippen LogP) is 4.60. The number of para-hydroxylation sites is 1. The van der Waals surface area contributed by atoms with Crippen LogP contribution in [0.2, 0.25) is 0 Å². The summed E-state index contributed by atoms with van der Waals surface area (Å²) in [6, 6.07) is 12.3. The van der Waals surface area contributed by atoms with Crippen LogP contribution in [0.5, 0.6) is 0 Å². The number of nitro benzene ring substituents is 1. The van der Waals surface area contributed by atoms with Gasteiger partial charge in [-0.1, -0.05) is 36.4 Å². The quantitative estimate of drug-likeness (QED) is 0.371. The Hall–Kier alpha value is -3.15. The van der Waals surface area contributed by atoms with Gasteiger partial charge in [0, 0.05) is 18.1 Å². The number of anilines is 1. The van der Waals surface area contributed by atoms with Gasteiger partial charge in [0.15, 0.2) is 0 Å². The molecule has 27 heavy (non-hydrogen) atoms. The molecule has 6 heteroatoms. The summed E-state index contributed by atoms with van der Waals surface area (Å²) >= 11 is 0. The molecule has 1 aliphatic carbocycles. The number of non-ortho nitro benzene ring substituents is 1. The highest BCUT2D eigenvalue weighted by Crippen LogP contribution is 2.50. The lowest BCUT2D eigenvalue weighted by Gasteiger charge is -2.38. The molecule has 0 radical (unpaired) electrons. The maximum atomic E-state index is 12.4. The maximum Gasteiger partial charge on any atom is 0.340 e. The van der Waals surface area contributed by atoms with Gasteiger partial charge < -0.3 is 10.1 Å². The van der Waals surface area contributed by atoms with E-state index in [2.05, 4.69) is 17.5 Å². The van der Waals surface area contributed by atoms with Crippen LogP contribution in [0.4, 0.5) is 11.4 Å². The molecule has 0 saturated heterocycles. The van der Waals surface area contributed by atoms with E-state index in [4.69, 9.17) is 4.74 Å². The maximum absolute atomic E-state index is 12.4. The third kappa shape index (κ3) is 2.97. The summed E-state index contributed by atoms with van der Waals surface area (Å²) in [6.45, 7) is 2.11. The molecule has 2 aliphatic rings. The molecule has 0 amide bonds. The van der Waals surface area contributed by atoms with Crippen molar-refractivity contribution >= 4 is 17.3 Å². The second kappa shape index (κ2) is 6.87. The van der Waals surface area contributed by atoms with Gasteiger partial charge in [-0.05, 0) is 36.5 Å². The van der Waals surface area contributed by atoms with E-state index in [-0.39, 0.29) is 23.6 Å². The number of allylic oxidation sites excluding steroid dienone is 2. The minimum Gasteiger partial charge on any atom is -0.462 e. The molecule has 0 bridgehead atoms. The van der Waals surface area contributed by atoms with Gasteiger partial charge in [0.25, 0.3) is 5.69 Å². The lowest BCUT2D eigenvalue weighted by atomic mass is 9.76. The lowest BCUT2D eigenvalue weighted by molar-refractivity contribution is -0.384. The summed E-state index contributed by atoms with van der Waals surface area (Å²) in [5.74, 6) is 0.164. The first-order chi connectivity index (χ1) is 13.1. The second-order valence-electron chi connectivity index (χ2n) is 6.81. The summed E-state index contributed by atoms with van der Waals surface area (Å²) in [7, 11) is 0. The number of fused-ring (bicyclic) bond motifs is 3. The first kappa shape index (κ1) is 17.3. The summed E-state index contributed by atoms with van der Waals surface area (Å²) in [5.41, 5.74) is 3.47. The number of carbonyl (C=O) groups is 1. The Balaban J connectivity index is 1.75. The van der Waals surface area contributed by atoms with Gasteiger partial charge in [-0.25, -0.2) is 4.79 Å². The van der Waals surface area contributed by atoms with Crippen molar-refractivity contribution < 1.29 is 14.5 Å². The molecule has 138 valence electrons. The number of hydrogen-bond acceptors (Lipinski definition) is 5. The van der Waals surface area contributed by atoms with E-state index in [1.54, 1.807) is 25.1 Å². The van der Waals surface area contributed by atoms with Gasteiger partial charge in [0.1, 0.15) is 0 Å². The van der Waals surface area contributed by atoms with E-state index in [0.717, 1.165) is 23.2 Å². The van der Waals surface area contributed by atoms with Crippen LogP contribution in [0.1, 0.15) is 46.8 Å². The zero-order valence-electron chi connectivity index (χ0n) is 14.9. The number of benzene rings is 2. The van der Waals surface area contributed by atoms with Crippen LogP contribution in [0.3, 0.4) is 0 Å². The first-order valence-corrected chi connectivity index (χ1v) is 9.07.